The highest BCUT2D eigenvalue weighted by Crippen LogP contribution is 2.36. The van der Waals surface area contributed by atoms with Crippen LogP contribution in [0.5, 0.6) is 0 Å². The van der Waals surface area contributed by atoms with Crippen LogP contribution >= 0.6 is 0 Å². The van der Waals surface area contributed by atoms with Gasteiger partial charge in [0.15, 0.2) is 5.82 Å². The highest BCUT2D eigenvalue weighted by atomic mass is 32.2. The molecule has 0 unspecified atom stereocenters. The van der Waals surface area contributed by atoms with Gasteiger partial charge in [0.05, 0.1) is 18.5 Å². The zero-order valence-corrected chi connectivity index (χ0v) is 18.0. The molecule has 32 heavy (non-hydrogen) atoms. The van der Waals surface area contributed by atoms with E-state index in [9.17, 15) is 17.4 Å². The fourth-order valence-corrected chi connectivity index (χ4v) is 3.83. The maximum absolute atomic E-state index is 13.5. The summed E-state index contributed by atoms with van der Waals surface area (Å²) in [4.78, 5) is 13.8. The number of hydrogen-bond acceptors (Lipinski definition) is 8. The van der Waals surface area contributed by atoms with E-state index in [4.69, 9.17) is 4.84 Å². The van der Waals surface area contributed by atoms with Crippen molar-refractivity contribution in [1.29, 1.82) is 0 Å². The van der Waals surface area contributed by atoms with Gasteiger partial charge in [-0.15, -0.1) is 5.12 Å². The second-order valence-electron chi connectivity index (χ2n) is 6.80. The van der Waals surface area contributed by atoms with Gasteiger partial charge in [-0.1, -0.05) is 30.3 Å². The Bertz CT molecular complexity index is 1270. The third-order valence-corrected chi connectivity index (χ3v) is 5.50. The van der Waals surface area contributed by atoms with Crippen LogP contribution in [0.25, 0.3) is 22.8 Å². The molecule has 0 saturated heterocycles. The van der Waals surface area contributed by atoms with Crippen LogP contribution < -0.4 is 5.43 Å². The maximum Gasteiger partial charge on any atom is 0.298 e. The van der Waals surface area contributed by atoms with Gasteiger partial charge in [0.1, 0.15) is 22.1 Å². The van der Waals surface area contributed by atoms with Gasteiger partial charge in [-0.05, 0) is 31.2 Å². The molecule has 9 nitrogen and oxygen atoms in total. The van der Waals surface area contributed by atoms with Crippen LogP contribution in [0.15, 0.2) is 65.7 Å². The molecule has 2 aromatic carbocycles. The SMILES string of the molecule is CCON1C(c2nc(-c3ccccc3)ncc2S(=O)(=O)O)=C(c2ccc(F)cc2)NN1C. The van der Waals surface area contributed by atoms with Gasteiger partial charge in [0.25, 0.3) is 10.1 Å². The molecule has 0 spiro atoms. The van der Waals surface area contributed by atoms with E-state index in [1.54, 1.807) is 38.2 Å². The van der Waals surface area contributed by atoms with Crippen molar-refractivity contribution in [2.24, 2.45) is 0 Å². The zero-order valence-electron chi connectivity index (χ0n) is 17.2. The van der Waals surface area contributed by atoms with E-state index in [0.29, 0.717) is 16.8 Å². The number of halogens is 1. The van der Waals surface area contributed by atoms with Crippen molar-refractivity contribution < 1.29 is 22.2 Å². The summed E-state index contributed by atoms with van der Waals surface area (Å²) in [6, 6.07) is 14.6. The van der Waals surface area contributed by atoms with Crippen molar-refractivity contribution >= 4 is 21.5 Å². The molecule has 0 bridgehead atoms. The van der Waals surface area contributed by atoms with Gasteiger partial charge in [0, 0.05) is 18.2 Å². The normalized spacial score (nSPS) is 14.7. The summed E-state index contributed by atoms with van der Waals surface area (Å²) in [5, 5.41) is 2.81. The summed E-state index contributed by atoms with van der Waals surface area (Å²) >= 11 is 0. The van der Waals surface area contributed by atoms with E-state index in [2.05, 4.69) is 15.4 Å². The van der Waals surface area contributed by atoms with E-state index >= 15 is 0 Å². The summed E-state index contributed by atoms with van der Waals surface area (Å²) in [7, 11) is -3.03. The third-order valence-electron chi connectivity index (χ3n) is 4.65. The maximum atomic E-state index is 13.5. The molecule has 3 aromatic rings. The summed E-state index contributed by atoms with van der Waals surface area (Å²) in [5.41, 5.74) is 4.82. The molecular weight excluding hydrogens is 437 g/mol. The van der Waals surface area contributed by atoms with E-state index in [1.165, 1.54) is 34.6 Å². The predicted octanol–water partition coefficient (Wildman–Crippen LogP) is 2.97. The van der Waals surface area contributed by atoms with Crippen LogP contribution in [0.1, 0.15) is 18.2 Å². The highest BCUT2D eigenvalue weighted by molar-refractivity contribution is 7.85. The molecule has 0 atom stereocenters. The van der Waals surface area contributed by atoms with Crippen molar-refractivity contribution in [2.45, 2.75) is 11.8 Å². The molecule has 11 heteroatoms. The lowest BCUT2D eigenvalue weighted by atomic mass is 10.1. The second-order valence-corrected chi connectivity index (χ2v) is 8.19. The average molecular weight is 457 g/mol. The number of nitrogens with one attached hydrogen (secondary N) is 1. The van der Waals surface area contributed by atoms with Gasteiger partial charge in [-0.25, -0.2) is 14.4 Å². The molecule has 2 heterocycles. The first kappa shape index (κ1) is 21.8. The fourth-order valence-electron chi connectivity index (χ4n) is 3.26. The van der Waals surface area contributed by atoms with Crippen LogP contribution in [0.2, 0.25) is 0 Å². The quantitative estimate of drug-likeness (QED) is 0.540. The highest BCUT2D eigenvalue weighted by Gasteiger charge is 2.35. The van der Waals surface area contributed by atoms with E-state index < -0.39 is 20.8 Å². The van der Waals surface area contributed by atoms with E-state index in [0.717, 1.165) is 6.20 Å². The van der Waals surface area contributed by atoms with E-state index in [-0.39, 0.29) is 23.8 Å². The Labute approximate surface area is 184 Å². The Kier molecular flexibility index (Phi) is 5.89. The number of hydrogen-bond donors (Lipinski definition) is 2. The molecule has 0 radical (unpaired) electrons. The molecule has 1 aliphatic rings. The summed E-state index contributed by atoms with van der Waals surface area (Å²) < 4.78 is 47.8. The largest absolute Gasteiger partial charge is 0.298 e. The number of rotatable bonds is 6. The van der Waals surface area contributed by atoms with Crippen LogP contribution in [0.3, 0.4) is 0 Å². The van der Waals surface area contributed by atoms with Crippen molar-refractivity contribution in [2.75, 3.05) is 13.7 Å². The summed E-state index contributed by atoms with van der Waals surface area (Å²) in [5.74, 6) is -0.166. The van der Waals surface area contributed by atoms with Crippen LogP contribution in [0.4, 0.5) is 4.39 Å². The van der Waals surface area contributed by atoms with Crippen molar-refractivity contribution in [3.63, 3.8) is 0 Å². The average Bonchev–Trinajstić information content (AvgIpc) is 3.10. The van der Waals surface area contributed by atoms with Gasteiger partial charge in [-0.3, -0.25) is 14.8 Å². The topological polar surface area (TPSA) is 108 Å². The Balaban J connectivity index is 2.01. The molecule has 0 aliphatic carbocycles. The van der Waals surface area contributed by atoms with Gasteiger partial charge < -0.3 is 0 Å². The van der Waals surface area contributed by atoms with Crippen molar-refractivity contribution in [3.8, 4) is 11.4 Å². The minimum atomic E-state index is -4.69. The van der Waals surface area contributed by atoms with Crippen molar-refractivity contribution in [1.82, 2.24) is 25.7 Å². The first-order valence-electron chi connectivity index (χ1n) is 9.63. The van der Waals surface area contributed by atoms with Gasteiger partial charge >= 0.3 is 0 Å². The molecule has 0 saturated carbocycles. The summed E-state index contributed by atoms with van der Waals surface area (Å²) in [6.07, 6.45) is 1.05. The molecule has 166 valence electrons. The number of hydrazine groups is 2. The van der Waals surface area contributed by atoms with Crippen molar-refractivity contribution in [3.05, 3.63) is 77.9 Å². The van der Waals surface area contributed by atoms with E-state index in [1.807, 2.05) is 6.07 Å². The molecule has 2 N–H and O–H groups in total. The van der Waals surface area contributed by atoms with Crippen LogP contribution in [-0.4, -0.2) is 46.9 Å². The number of aromatic nitrogens is 2. The Morgan fingerprint density at radius 2 is 1.78 bits per heavy atom. The Morgan fingerprint density at radius 1 is 1.09 bits per heavy atom. The second kappa shape index (κ2) is 8.63. The lowest BCUT2D eigenvalue weighted by molar-refractivity contribution is -0.231. The predicted molar refractivity (Wildman–Crippen MR) is 115 cm³/mol. The summed E-state index contributed by atoms with van der Waals surface area (Å²) in [6.45, 7) is 2.02. The molecule has 4 rings (SSSR count). The lowest BCUT2D eigenvalue weighted by Crippen LogP contribution is -2.39. The standard InChI is InChI=1S/C21H20FN5O4S/c1-3-31-27-20(18(25-26(27)2)14-9-11-16(22)12-10-14)19-17(32(28,29)30)13-23-21(24-19)15-7-5-4-6-8-15/h4-13,25H,3H2,1-2H3,(H,28,29,30). The number of nitrogens with zero attached hydrogens (tertiary/aromatic N) is 4. The molecule has 0 fully saturated rings. The van der Waals surface area contributed by atoms with Gasteiger partial charge in [0.2, 0.25) is 0 Å². The molecular formula is C21H20FN5O4S. The van der Waals surface area contributed by atoms with Crippen LogP contribution in [-0.2, 0) is 15.0 Å². The first-order valence-corrected chi connectivity index (χ1v) is 11.1. The Hall–Kier alpha value is -3.38. The fraction of sp³-hybridized carbons (Fsp3) is 0.143. The monoisotopic (exact) mass is 457 g/mol. The number of hydroxylamine groups is 1. The number of benzene rings is 2. The first-order chi connectivity index (χ1) is 15.3. The minimum absolute atomic E-state index is 0.0778. The van der Waals surface area contributed by atoms with Gasteiger partial charge in [-0.2, -0.15) is 13.6 Å². The molecule has 1 aliphatic heterocycles. The lowest BCUT2D eigenvalue weighted by Gasteiger charge is -2.26. The minimum Gasteiger partial charge on any atom is -0.297 e. The Morgan fingerprint density at radius 3 is 2.41 bits per heavy atom. The zero-order chi connectivity index (χ0) is 22.9. The molecule has 0 amide bonds. The van der Waals surface area contributed by atoms with Crippen LogP contribution in [0, 0.1) is 5.82 Å². The third kappa shape index (κ3) is 4.18. The smallest absolute Gasteiger partial charge is 0.297 e. The molecule has 1 aromatic heterocycles.